The van der Waals surface area contributed by atoms with Crippen molar-refractivity contribution in [2.45, 2.75) is 0 Å². The fraction of sp³-hybridized carbons (Fsp3) is 0. The standard InChI is InChI=1S/3C6H5F2N/c3*7-4-2-1-3-5(8)6(4)9/h3*1-3H,9H2. The molecule has 0 aliphatic rings. The lowest BCUT2D eigenvalue weighted by molar-refractivity contribution is 0.591. The molecular weight excluding hydrogens is 372 g/mol. The first-order chi connectivity index (χ1) is 12.6. The number of nitrogen functional groups attached to an aromatic ring is 3. The maximum Gasteiger partial charge on any atom is 0.149 e. The van der Waals surface area contributed by atoms with Gasteiger partial charge in [0, 0.05) is 0 Å². The number of benzene rings is 3. The maximum absolute atomic E-state index is 12.2. The van der Waals surface area contributed by atoms with Crippen molar-refractivity contribution in [3.8, 4) is 0 Å². The average molecular weight is 387 g/mol. The number of halogens is 6. The summed E-state index contributed by atoms with van der Waals surface area (Å²) in [5, 5.41) is 0. The van der Waals surface area contributed by atoms with Gasteiger partial charge < -0.3 is 17.2 Å². The summed E-state index contributed by atoms with van der Waals surface area (Å²) in [4.78, 5) is 0. The fourth-order valence-electron chi connectivity index (χ4n) is 1.53. The first kappa shape index (κ1) is 21.7. The van der Waals surface area contributed by atoms with E-state index < -0.39 is 52.0 Å². The summed E-state index contributed by atoms with van der Waals surface area (Å²) in [7, 11) is 0. The summed E-state index contributed by atoms with van der Waals surface area (Å²) >= 11 is 0. The van der Waals surface area contributed by atoms with Gasteiger partial charge in [-0.05, 0) is 36.4 Å². The second-order valence-electron chi connectivity index (χ2n) is 4.91. The molecule has 0 atom stereocenters. The Balaban J connectivity index is 0.000000202. The third-order valence-corrected chi connectivity index (χ3v) is 3.00. The minimum absolute atomic E-state index is 0.419. The van der Waals surface area contributed by atoms with Crippen LogP contribution < -0.4 is 17.2 Å². The zero-order valence-electron chi connectivity index (χ0n) is 13.7. The molecule has 144 valence electrons. The highest BCUT2D eigenvalue weighted by atomic mass is 19.2. The molecule has 0 heterocycles. The Labute approximate surface area is 151 Å². The zero-order valence-corrected chi connectivity index (χ0v) is 13.7. The molecule has 3 aromatic rings. The number of hydrogen-bond acceptors (Lipinski definition) is 3. The quantitative estimate of drug-likeness (QED) is 0.388. The first-order valence-corrected chi connectivity index (χ1v) is 7.23. The number of rotatable bonds is 0. The van der Waals surface area contributed by atoms with Gasteiger partial charge in [-0.25, -0.2) is 26.3 Å². The van der Waals surface area contributed by atoms with Crippen LogP contribution in [-0.2, 0) is 0 Å². The van der Waals surface area contributed by atoms with E-state index in [1.54, 1.807) is 0 Å². The van der Waals surface area contributed by atoms with E-state index in [0.717, 1.165) is 36.4 Å². The van der Waals surface area contributed by atoms with E-state index in [2.05, 4.69) is 0 Å². The van der Waals surface area contributed by atoms with Gasteiger partial charge in [0.15, 0.2) is 0 Å². The number of anilines is 3. The lowest BCUT2D eigenvalue weighted by atomic mass is 10.3. The third kappa shape index (κ3) is 6.46. The molecule has 0 spiro atoms. The van der Waals surface area contributed by atoms with Crippen LogP contribution in [0.25, 0.3) is 0 Å². The predicted molar refractivity (Wildman–Crippen MR) is 92.3 cm³/mol. The molecule has 0 bridgehead atoms. The molecule has 0 saturated carbocycles. The minimum Gasteiger partial charge on any atom is -0.394 e. The summed E-state index contributed by atoms with van der Waals surface area (Å²) in [6.07, 6.45) is 0. The fourth-order valence-corrected chi connectivity index (χ4v) is 1.53. The highest BCUT2D eigenvalue weighted by molar-refractivity contribution is 5.41. The van der Waals surface area contributed by atoms with Crippen LogP contribution in [0, 0.1) is 34.9 Å². The summed E-state index contributed by atoms with van der Waals surface area (Å²) in [6.45, 7) is 0. The van der Waals surface area contributed by atoms with E-state index in [9.17, 15) is 26.3 Å². The lowest BCUT2D eigenvalue weighted by Gasteiger charge is -1.94. The molecule has 0 unspecified atom stereocenters. The van der Waals surface area contributed by atoms with Crippen molar-refractivity contribution in [3.05, 3.63) is 89.5 Å². The van der Waals surface area contributed by atoms with E-state index >= 15 is 0 Å². The zero-order chi connectivity index (χ0) is 20.6. The Morgan fingerprint density at radius 2 is 0.519 bits per heavy atom. The molecule has 6 N–H and O–H groups in total. The third-order valence-electron chi connectivity index (χ3n) is 3.00. The summed E-state index contributed by atoms with van der Waals surface area (Å²) in [5.74, 6) is -4.28. The van der Waals surface area contributed by atoms with Gasteiger partial charge in [0.1, 0.15) is 52.0 Å². The van der Waals surface area contributed by atoms with Crippen LogP contribution in [0.3, 0.4) is 0 Å². The summed E-state index contributed by atoms with van der Waals surface area (Å²) in [5.41, 5.74) is 13.5. The molecule has 27 heavy (non-hydrogen) atoms. The van der Waals surface area contributed by atoms with Crippen LogP contribution in [0.1, 0.15) is 0 Å². The van der Waals surface area contributed by atoms with Gasteiger partial charge in [-0.1, -0.05) is 18.2 Å². The maximum atomic E-state index is 12.2. The largest absolute Gasteiger partial charge is 0.394 e. The van der Waals surface area contributed by atoms with Crippen molar-refractivity contribution in [1.29, 1.82) is 0 Å². The highest BCUT2D eigenvalue weighted by Crippen LogP contribution is 2.13. The second kappa shape index (κ2) is 9.95. The van der Waals surface area contributed by atoms with Crippen LogP contribution >= 0.6 is 0 Å². The molecule has 0 saturated heterocycles. The molecule has 0 aromatic heterocycles. The van der Waals surface area contributed by atoms with E-state index in [4.69, 9.17) is 17.2 Å². The normalized spacial score (nSPS) is 9.56. The van der Waals surface area contributed by atoms with Crippen molar-refractivity contribution >= 4 is 17.1 Å². The Kier molecular flexibility index (Phi) is 7.99. The van der Waals surface area contributed by atoms with Gasteiger partial charge in [0.2, 0.25) is 0 Å². The average Bonchev–Trinajstić information content (AvgIpc) is 2.63. The molecule has 0 radical (unpaired) electrons. The van der Waals surface area contributed by atoms with E-state index in [0.29, 0.717) is 0 Å². The van der Waals surface area contributed by atoms with E-state index in [1.165, 1.54) is 18.2 Å². The molecular formula is C18H15F6N3. The van der Waals surface area contributed by atoms with Crippen molar-refractivity contribution in [1.82, 2.24) is 0 Å². The van der Waals surface area contributed by atoms with Crippen molar-refractivity contribution in [3.63, 3.8) is 0 Å². The Morgan fingerprint density at radius 3 is 0.630 bits per heavy atom. The number of hydrogen-bond donors (Lipinski definition) is 3. The molecule has 3 nitrogen and oxygen atoms in total. The Hall–Kier alpha value is -3.36. The number of nitrogens with two attached hydrogens (primary N) is 3. The predicted octanol–water partition coefficient (Wildman–Crippen LogP) is 4.64. The Bertz CT molecular complexity index is 724. The number of para-hydroxylation sites is 3. The van der Waals surface area contributed by atoms with Crippen molar-refractivity contribution in [2.75, 3.05) is 17.2 Å². The van der Waals surface area contributed by atoms with Gasteiger partial charge in [0.05, 0.1) is 0 Å². The lowest BCUT2D eigenvalue weighted by Crippen LogP contribution is -1.93. The van der Waals surface area contributed by atoms with Gasteiger partial charge in [-0.2, -0.15) is 0 Å². The van der Waals surface area contributed by atoms with Crippen molar-refractivity contribution in [2.24, 2.45) is 0 Å². The smallest absolute Gasteiger partial charge is 0.149 e. The molecule has 3 aromatic carbocycles. The summed E-state index contributed by atoms with van der Waals surface area (Å²) in [6, 6.07) is 10.5. The summed E-state index contributed by atoms with van der Waals surface area (Å²) < 4.78 is 73.3. The highest BCUT2D eigenvalue weighted by Gasteiger charge is 2.02. The molecule has 0 aliphatic heterocycles. The van der Waals surface area contributed by atoms with Gasteiger partial charge in [-0.3, -0.25) is 0 Å². The molecule has 0 amide bonds. The van der Waals surface area contributed by atoms with Gasteiger partial charge >= 0.3 is 0 Å². The van der Waals surface area contributed by atoms with Crippen LogP contribution in [0.15, 0.2) is 54.6 Å². The van der Waals surface area contributed by atoms with Crippen LogP contribution in [0.5, 0.6) is 0 Å². The van der Waals surface area contributed by atoms with Crippen LogP contribution in [-0.4, -0.2) is 0 Å². The monoisotopic (exact) mass is 387 g/mol. The molecule has 3 rings (SSSR count). The van der Waals surface area contributed by atoms with Crippen LogP contribution in [0.2, 0.25) is 0 Å². The minimum atomic E-state index is -0.713. The topological polar surface area (TPSA) is 78.1 Å². The molecule has 0 aliphatic carbocycles. The van der Waals surface area contributed by atoms with Gasteiger partial charge in [-0.15, -0.1) is 0 Å². The molecule has 9 heteroatoms. The van der Waals surface area contributed by atoms with E-state index in [-0.39, 0.29) is 0 Å². The molecule has 0 fully saturated rings. The first-order valence-electron chi connectivity index (χ1n) is 7.23. The Morgan fingerprint density at radius 1 is 0.370 bits per heavy atom. The van der Waals surface area contributed by atoms with E-state index in [1.807, 2.05) is 0 Å². The second-order valence-corrected chi connectivity index (χ2v) is 4.91. The van der Waals surface area contributed by atoms with Crippen LogP contribution in [0.4, 0.5) is 43.4 Å². The van der Waals surface area contributed by atoms with Crippen molar-refractivity contribution < 1.29 is 26.3 Å². The SMILES string of the molecule is Nc1c(F)cccc1F.Nc1c(F)cccc1F.Nc1c(F)cccc1F. The van der Waals surface area contributed by atoms with Gasteiger partial charge in [0.25, 0.3) is 0 Å².